The van der Waals surface area contributed by atoms with Crippen molar-refractivity contribution in [3.8, 4) is 0 Å². The van der Waals surface area contributed by atoms with Crippen molar-refractivity contribution in [1.82, 2.24) is 20.2 Å². The number of rotatable bonds is 7. The molecule has 0 bridgehead atoms. The second-order valence-corrected chi connectivity index (χ2v) is 6.56. The molecule has 126 valence electrons. The first-order valence-electron chi connectivity index (χ1n) is 7.85. The molecule has 1 aliphatic carbocycles. The van der Waals surface area contributed by atoms with E-state index in [9.17, 15) is 0 Å². The average molecular weight is 437 g/mol. The first kappa shape index (κ1) is 19.6. The summed E-state index contributed by atoms with van der Waals surface area (Å²) in [5.74, 6) is 0.967. The molecular weight excluding hydrogens is 409 g/mol. The van der Waals surface area contributed by atoms with E-state index >= 15 is 0 Å². The third-order valence-corrected chi connectivity index (χ3v) is 4.90. The van der Waals surface area contributed by atoms with Gasteiger partial charge in [0.1, 0.15) is 0 Å². The Bertz CT molecular complexity index is 424. The molecule has 2 atom stereocenters. The van der Waals surface area contributed by atoms with Crippen LogP contribution in [0.1, 0.15) is 32.6 Å². The van der Waals surface area contributed by atoms with Gasteiger partial charge in [0.15, 0.2) is 5.96 Å². The predicted molar refractivity (Wildman–Crippen MR) is 106 cm³/mol. The number of imidazole rings is 1. The summed E-state index contributed by atoms with van der Waals surface area (Å²) in [4.78, 5) is 8.73. The standard InChI is InChI=1S/C15H27N5S.HI/c1-3-17-15(19-13-5-6-14(11-13)21-2)18-7-4-9-20-10-8-16-12-20;/h8,10,12-14H,3-7,9,11H2,1-2H3,(H2,17,18,19);1H. The third kappa shape index (κ3) is 6.76. The molecule has 5 nitrogen and oxygen atoms in total. The lowest BCUT2D eigenvalue weighted by Crippen LogP contribution is -2.42. The molecule has 1 aromatic rings. The molecule has 1 saturated carbocycles. The number of aliphatic imine (C=N–C) groups is 1. The zero-order chi connectivity index (χ0) is 14.9. The third-order valence-electron chi connectivity index (χ3n) is 3.81. The van der Waals surface area contributed by atoms with Crippen LogP contribution in [0.5, 0.6) is 0 Å². The fourth-order valence-electron chi connectivity index (χ4n) is 2.66. The highest BCUT2D eigenvalue weighted by atomic mass is 127. The predicted octanol–water partition coefficient (Wildman–Crippen LogP) is 2.73. The van der Waals surface area contributed by atoms with Gasteiger partial charge in [-0.05, 0) is 38.9 Å². The van der Waals surface area contributed by atoms with E-state index in [1.54, 1.807) is 0 Å². The van der Waals surface area contributed by atoms with Crippen LogP contribution in [-0.2, 0) is 6.54 Å². The Hall–Kier alpha value is -0.440. The Morgan fingerprint density at radius 1 is 1.45 bits per heavy atom. The van der Waals surface area contributed by atoms with Gasteiger partial charge in [-0.3, -0.25) is 4.99 Å². The topological polar surface area (TPSA) is 54.2 Å². The van der Waals surface area contributed by atoms with E-state index < -0.39 is 0 Å². The van der Waals surface area contributed by atoms with Crippen molar-refractivity contribution in [3.05, 3.63) is 18.7 Å². The van der Waals surface area contributed by atoms with Gasteiger partial charge in [0, 0.05) is 43.3 Å². The molecule has 0 aromatic carbocycles. The van der Waals surface area contributed by atoms with Crippen LogP contribution in [0.15, 0.2) is 23.7 Å². The largest absolute Gasteiger partial charge is 0.357 e. The molecule has 2 N–H and O–H groups in total. The summed E-state index contributed by atoms with van der Waals surface area (Å²) in [6.07, 6.45) is 12.7. The number of thioether (sulfide) groups is 1. The molecule has 1 aliphatic rings. The molecule has 1 aromatic heterocycles. The van der Waals surface area contributed by atoms with Crippen LogP contribution in [0.25, 0.3) is 0 Å². The van der Waals surface area contributed by atoms with E-state index in [-0.39, 0.29) is 24.0 Å². The monoisotopic (exact) mass is 437 g/mol. The maximum absolute atomic E-state index is 4.68. The highest BCUT2D eigenvalue weighted by molar-refractivity contribution is 14.0. The summed E-state index contributed by atoms with van der Waals surface area (Å²) in [6.45, 7) is 4.83. The van der Waals surface area contributed by atoms with Gasteiger partial charge in [-0.2, -0.15) is 11.8 Å². The van der Waals surface area contributed by atoms with Crippen LogP contribution in [-0.4, -0.2) is 46.1 Å². The summed E-state index contributed by atoms with van der Waals surface area (Å²) in [6, 6.07) is 0.578. The van der Waals surface area contributed by atoms with Gasteiger partial charge in [-0.25, -0.2) is 4.98 Å². The van der Waals surface area contributed by atoms with E-state index in [4.69, 9.17) is 0 Å². The Kier molecular flexibility index (Phi) is 9.94. The second-order valence-electron chi connectivity index (χ2n) is 5.43. The van der Waals surface area contributed by atoms with Crippen molar-refractivity contribution < 1.29 is 0 Å². The Labute approximate surface area is 155 Å². The first-order valence-corrected chi connectivity index (χ1v) is 9.14. The van der Waals surface area contributed by atoms with Crippen molar-refractivity contribution in [2.24, 2.45) is 4.99 Å². The molecule has 2 rings (SSSR count). The van der Waals surface area contributed by atoms with Crippen LogP contribution in [0, 0.1) is 0 Å². The molecule has 0 saturated heterocycles. The van der Waals surface area contributed by atoms with Gasteiger partial charge in [0.05, 0.1) is 6.33 Å². The maximum atomic E-state index is 4.68. The molecule has 2 unspecified atom stereocenters. The van der Waals surface area contributed by atoms with Crippen molar-refractivity contribution in [1.29, 1.82) is 0 Å². The Morgan fingerprint density at radius 2 is 2.32 bits per heavy atom. The van der Waals surface area contributed by atoms with Crippen LogP contribution in [0.3, 0.4) is 0 Å². The number of hydrogen-bond donors (Lipinski definition) is 2. The minimum atomic E-state index is 0. The maximum Gasteiger partial charge on any atom is 0.191 e. The number of aryl methyl sites for hydroxylation is 1. The summed E-state index contributed by atoms with van der Waals surface area (Å²) in [7, 11) is 0. The zero-order valence-electron chi connectivity index (χ0n) is 13.5. The number of guanidine groups is 1. The zero-order valence-corrected chi connectivity index (χ0v) is 16.6. The summed E-state index contributed by atoms with van der Waals surface area (Å²) >= 11 is 1.99. The highest BCUT2D eigenvalue weighted by Gasteiger charge is 2.24. The van der Waals surface area contributed by atoms with E-state index in [1.807, 2.05) is 30.5 Å². The van der Waals surface area contributed by atoms with E-state index in [0.29, 0.717) is 6.04 Å². The van der Waals surface area contributed by atoms with Crippen molar-refractivity contribution in [3.63, 3.8) is 0 Å². The minimum absolute atomic E-state index is 0. The number of hydrogen-bond acceptors (Lipinski definition) is 3. The molecule has 0 amide bonds. The first-order chi connectivity index (χ1) is 10.3. The average Bonchev–Trinajstić information content (AvgIpc) is 3.15. The van der Waals surface area contributed by atoms with Gasteiger partial charge in [-0.15, -0.1) is 24.0 Å². The molecule has 0 aliphatic heterocycles. The summed E-state index contributed by atoms with van der Waals surface area (Å²) in [5, 5.41) is 7.74. The molecule has 22 heavy (non-hydrogen) atoms. The fraction of sp³-hybridized carbons (Fsp3) is 0.733. The van der Waals surface area contributed by atoms with E-state index in [0.717, 1.165) is 37.3 Å². The number of nitrogens with one attached hydrogen (secondary N) is 2. The smallest absolute Gasteiger partial charge is 0.191 e. The Balaban J connectivity index is 0.00000242. The molecule has 7 heteroatoms. The van der Waals surface area contributed by atoms with Crippen LogP contribution in [0.4, 0.5) is 0 Å². The van der Waals surface area contributed by atoms with Crippen LogP contribution < -0.4 is 10.6 Å². The minimum Gasteiger partial charge on any atom is -0.357 e. The molecule has 0 spiro atoms. The highest BCUT2D eigenvalue weighted by Crippen LogP contribution is 2.27. The van der Waals surface area contributed by atoms with E-state index in [2.05, 4.69) is 38.4 Å². The second kappa shape index (κ2) is 11.2. The van der Waals surface area contributed by atoms with Gasteiger partial charge in [0.2, 0.25) is 0 Å². The van der Waals surface area contributed by atoms with Gasteiger partial charge < -0.3 is 15.2 Å². The molecule has 1 heterocycles. The van der Waals surface area contributed by atoms with Crippen LogP contribution in [0.2, 0.25) is 0 Å². The van der Waals surface area contributed by atoms with Gasteiger partial charge >= 0.3 is 0 Å². The van der Waals surface area contributed by atoms with Crippen molar-refractivity contribution in [2.45, 2.75) is 50.4 Å². The number of halogens is 1. The number of aromatic nitrogens is 2. The lowest BCUT2D eigenvalue weighted by Gasteiger charge is -2.17. The quantitative estimate of drug-likeness (QED) is 0.298. The lowest BCUT2D eigenvalue weighted by molar-refractivity contribution is 0.608. The van der Waals surface area contributed by atoms with Crippen molar-refractivity contribution >= 4 is 41.7 Å². The lowest BCUT2D eigenvalue weighted by atomic mass is 10.2. The molecular formula is C15H28IN5S. The normalized spacial score (nSPS) is 21.5. The SMILES string of the molecule is CCNC(=NCCCn1ccnc1)NC1CCC(SC)C1.I. The molecule has 0 radical (unpaired) electrons. The summed E-state index contributed by atoms with van der Waals surface area (Å²) in [5.41, 5.74) is 0. The molecule has 1 fully saturated rings. The van der Waals surface area contributed by atoms with Crippen molar-refractivity contribution in [2.75, 3.05) is 19.3 Å². The van der Waals surface area contributed by atoms with Gasteiger partial charge in [0.25, 0.3) is 0 Å². The van der Waals surface area contributed by atoms with E-state index in [1.165, 1.54) is 19.3 Å². The van der Waals surface area contributed by atoms with Gasteiger partial charge in [-0.1, -0.05) is 0 Å². The number of nitrogens with zero attached hydrogens (tertiary/aromatic N) is 3. The van der Waals surface area contributed by atoms with Crippen LogP contribution >= 0.6 is 35.7 Å². The Morgan fingerprint density at radius 3 is 2.95 bits per heavy atom. The fourth-order valence-corrected chi connectivity index (χ4v) is 3.46. The summed E-state index contributed by atoms with van der Waals surface area (Å²) < 4.78 is 2.09.